The molecule has 1 heterocycles. The minimum atomic E-state index is 0.549. The molecule has 0 spiro atoms. The lowest BCUT2D eigenvalue weighted by molar-refractivity contribution is 0.349. The van der Waals surface area contributed by atoms with Gasteiger partial charge >= 0.3 is 0 Å². The Balaban J connectivity index is 2.02. The first-order valence-electron chi connectivity index (χ1n) is 7.66. The van der Waals surface area contributed by atoms with Crippen LogP contribution in [0.4, 0.5) is 5.69 Å². The van der Waals surface area contributed by atoms with E-state index in [0.717, 1.165) is 30.5 Å². The topological polar surface area (TPSA) is 50.9 Å². The second-order valence-electron chi connectivity index (χ2n) is 5.79. The van der Waals surface area contributed by atoms with Crippen molar-refractivity contribution in [3.8, 4) is 0 Å². The number of hydrogen-bond donors (Lipinski definition) is 2. The molecule has 1 aliphatic carbocycles. The molecule has 3 N–H and O–H groups in total. The molecule has 0 amide bonds. The summed E-state index contributed by atoms with van der Waals surface area (Å²) in [6.45, 7) is 5.53. The molecule has 0 bridgehead atoms. The van der Waals surface area contributed by atoms with Gasteiger partial charge in [0, 0.05) is 24.1 Å². The van der Waals surface area contributed by atoms with Crippen LogP contribution in [0.5, 0.6) is 0 Å². The molecule has 2 rings (SSSR count). The summed E-state index contributed by atoms with van der Waals surface area (Å²) in [6.07, 6.45) is 10.1. The van der Waals surface area contributed by atoms with Crippen LogP contribution in [0.3, 0.4) is 0 Å². The highest BCUT2D eigenvalue weighted by atomic mass is 14.9. The van der Waals surface area contributed by atoms with Crippen molar-refractivity contribution in [3.05, 3.63) is 24.0 Å². The second-order valence-corrected chi connectivity index (χ2v) is 5.79. The van der Waals surface area contributed by atoms with E-state index in [-0.39, 0.29) is 0 Å². The monoisotopic (exact) mass is 261 g/mol. The Bertz CT molecular complexity index is 391. The Labute approximate surface area is 117 Å². The number of hydrogen-bond acceptors (Lipinski definition) is 3. The van der Waals surface area contributed by atoms with Gasteiger partial charge in [-0.3, -0.25) is 4.98 Å². The Kier molecular flexibility index (Phi) is 5.20. The van der Waals surface area contributed by atoms with E-state index in [4.69, 9.17) is 5.73 Å². The molecule has 1 aromatic rings. The number of rotatable bonds is 6. The average molecular weight is 261 g/mol. The molecule has 3 nitrogen and oxygen atoms in total. The van der Waals surface area contributed by atoms with Crippen LogP contribution in [0.15, 0.2) is 18.5 Å². The fourth-order valence-corrected chi connectivity index (χ4v) is 3.36. The van der Waals surface area contributed by atoms with Crippen LogP contribution in [0.25, 0.3) is 0 Å². The largest absolute Gasteiger partial charge is 0.398 e. The van der Waals surface area contributed by atoms with E-state index in [1.807, 2.05) is 12.3 Å². The van der Waals surface area contributed by atoms with Gasteiger partial charge in [-0.05, 0) is 49.3 Å². The van der Waals surface area contributed by atoms with Gasteiger partial charge in [-0.25, -0.2) is 0 Å². The number of nitrogen functional groups attached to an aromatic ring is 1. The van der Waals surface area contributed by atoms with E-state index in [2.05, 4.69) is 24.1 Å². The lowest BCUT2D eigenvalue weighted by atomic mass is 9.91. The van der Waals surface area contributed by atoms with E-state index in [1.54, 1.807) is 6.20 Å². The number of nitrogens with one attached hydrogen (secondary N) is 1. The van der Waals surface area contributed by atoms with Crippen molar-refractivity contribution in [1.82, 2.24) is 10.3 Å². The van der Waals surface area contributed by atoms with Crippen LogP contribution < -0.4 is 11.1 Å². The summed E-state index contributed by atoms with van der Waals surface area (Å²) in [7, 11) is 0. The zero-order valence-electron chi connectivity index (χ0n) is 12.2. The smallest absolute Gasteiger partial charge is 0.0378 e. The molecule has 0 radical (unpaired) electrons. The van der Waals surface area contributed by atoms with Crippen molar-refractivity contribution in [1.29, 1.82) is 0 Å². The molecule has 3 unspecified atom stereocenters. The molecule has 3 heteroatoms. The Morgan fingerprint density at radius 3 is 2.89 bits per heavy atom. The van der Waals surface area contributed by atoms with Crippen LogP contribution in [0.1, 0.15) is 45.1 Å². The number of likely N-dealkylation sites (N-methyl/N-ethyl adjacent to an activating group) is 1. The van der Waals surface area contributed by atoms with Crippen LogP contribution in [-0.2, 0) is 6.42 Å². The van der Waals surface area contributed by atoms with E-state index >= 15 is 0 Å². The van der Waals surface area contributed by atoms with Crippen LogP contribution >= 0.6 is 0 Å². The van der Waals surface area contributed by atoms with Crippen LogP contribution in [-0.4, -0.2) is 17.6 Å². The highest BCUT2D eigenvalue weighted by Gasteiger charge is 2.29. The molecule has 0 aromatic carbocycles. The maximum atomic E-state index is 6.05. The Morgan fingerprint density at radius 2 is 2.26 bits per heavy atom. The van der Waals surface area contributed by atoms with Crippen molar-refractivity contribution in [2.75, 3.05) is 12.3 Å². The van der Waals surface area contributed by atoms with Gasteiger partial charge in [0.2, 0.25) is 0 Å². The second kappa shape index (κ2) is 6.90. The van der Waals surface area contributed by atoms with Crippen molar-refractivity contribution in [2.24, 2.45) is 11.8 Å². The van der Waals surface area contributed by atoms with Gasteiger partial charge in [-0.1, -0.05) is 26.7 Å². The Morgan fingerprint density at radius 1 is 1.42 bits per heavy atom. The highest BCUT2D eigenvalue weighted by Crippen LogP contribution is 2.36. The zero-order chi connectivity index (χ0) is 13.7. The van der Waals surface area contributed by atoms with E-state index < -0.39 is 0 Å². The lowest BCUT2D eigenvalue weighted by Gasteiger charge is -2.25. The fraction of sp³-hybridized carbons (Fsp3) is 0.688. The third-order valence-corrected chi connectivity index (χ3v) is 4.58. The SMILES string of the molecule is CCNC(Cc1cnccc1N)C1CCC(CC)C1. The molecule has 1 saturated carbocycles. The van der Waals surface area contributed by atoms with Gasteiger partial charge < -0.3 is 11.1 Å². The van der Waals surface area contributed by atoms with Crippen LogP contribution in [0, 0.1) is 11.8 Å². The predicted octanol–water partition coefficient (Wildman–Crippen LogP) is 3.01. The quantitative estimate of drug-likeness (QED) is 0.827. The standard InChI is InChI=1S/C16H27N3/c1-3-12-5-6-13(9-12)16(19-4-2)10-14-11-18-8-7-15(14)17/h7-8,11-13,16,19H,3-6,9-10H2,1-2H3,(H2,17,18). The number of aromatic nitrogens is 1. The molecule has 0 aliphatic heterocycles. The summed E-state index contributed by atoms with van der Waals surface area (Å²) >= 11 is 0. The predicted molar refractivity (Wildman–Crippen MR) is 80.9 cm³/mol. The number of pyridine rings is 1. The molecule has 106 valence electrons. The highest BCUT2D eigenvalue weighted by molar-refractivity contribution is 5.44. The van der Waals surface area contributed by atoms with Gasteiger partial charge in [0.1, 0.15) is 0 Å². The maximum absolute atomic E-state index is 6.05. The summed E-state index contributed by atoms with van der Waals surface area (Å²) in [5.74, 6) is 1.72. The third kappa shape index (κ3) is 3.69. The first-order chi connectivity index (χ1) is 9.24. The van der Waals surface area contributed by atoms with Gasteiger partial charge in [-0.2, -0.15) is 0 Å². The van der Waals surface area contributed by atoms with Crippen molar-refractivity contribution >= 4 is 5.69 Å². The fourth-order valence-electron chi connectivity index (χ4n) is 3.36. The minimum absolute atomic E-state index is 0.549. The molecule has 0 saturated heterocycles. The number of anilines is 1. The Hall–Kier alpha value is -1.09. The maximum Gasteiger partial charge on any atom is 0.0378 e. The molecule has 19 heavy (non-hydrogen) atoms. The zero-order valence-corrected chi connectivity index (χ0v) is 12.2. The van der Waals surface area contributed by atoms with Crippen molar-refractivity contribution < 1.29 is 0 Å². The first kappa shape index (κ1) is 14.3. The summed E-state index contributed by atoms with van der Waals surface area (Å²) < 4.78 is 0. The van der Waals surface area contributed by atoms with Gasteiger partial charge in [0.05, 0.1) is 0 Å². The van der Waals surface area contributed by atoms with Crippen LogP contribution in [0.2, 0.25) is 0 Å². The van der Waals surface area contributed by atoms with E-state index in [1.165, 1.54) is 31.2 Å². The lowest BCUT2D eigenvalue weighted by Crippen LogP contribution is -2.37. The molecular formula is C16H27N3. The summed E-state index contributed by atoms with van der Waals surface area (Å²) in [5, 5.41) is 3.66. The molecular weight excluding hydrogens is 234 g/mol. The van der Waals surface area contributed by atoms with Crippen molar-refractivity contribution in [3.63, 3.8) is 0 Å². The molecule has 3 atom stereocenters. The van der Waals surface area contributed by atoms with Crippen molar-refractivity contribution in [2.45, 2.75) is 52.0 Å². The summed E-state index contributed by atoms with van der Waals surface area (Å²) in [5.41, 5.74) is 8.12. The minimum Gasteiger partial charge on any atom is -0.398 e. The molecule has 1 aliphatic rings. The van der Waals surface area contributed by atoms with Gasteiger partial charge in [0.15, 0.2) is 0 Å². The number of nitrogens with zero attached hydrogens (tertiary/aromatic N) is 1. The average Bonchev–Trinajstić information content (AvgIpc) is 2.89. The third-order valence-electron chi connectivity index (χ3n) is 4.58. The first-order valence-corrected chi connectivity index (χ1v) is 7.66. The molecule has 1 fully saturated rings. The normalized spacial score (nSPS) is 24.5. The molecule has 1 aromatic heterocycles. The van der Waals surface area contributed by atoms with Gasteiger partial charge in [-0.15, -0.1) is 0 Å². The summed E-state index contributed by atoms with van der Waals surface area (Å²) in [6, 6.07) is 2.45. The van der Waals surface area contributed by atoms with E-state index in [9.17, 15) is 0 Å². The van der Waals surface area contributed by atoms with E-state index in [0.29, 0.717) is 6.04 Å². The number of nitrogens with two attached hydrogens (primary N) is 1. The van der Waals surface area contributed by atoms with Gasteiger partial charge in [0.25, 0.3) is 0 Å². The summed E-state index contributed by atoms with van der Waals surface area (Å²) in [4.78, 5) is 4.21.